The van der Waals surface area contributed by atoms with Gasteiger partial charge in [-0.25, -0.2) is 4.98 Å². The number of nitrogens with zero attached hydrogens (tertiary/aromatic N) is 2. The van der Waals surface area contributed by atoms with Crippen molar-refractivity contribution in [2.75, 3.05) is 30.0 Å². The van der Waals surface area contributed by atoms with Crippen molar-refractivity contribution in [3.63, 3.8) is 0 Å². The monoisotopic (exact) mass is 280 g/mol. The molecule has 5 heteroatoms. The van der Waals surface area contributed by atoms with Crippen molar-refractivity contribution >= 4 is 23.5 Å². The Morgan fingerprint density at radius 1 is 1.32 bits per heavy atom. The highest BCUT2D eigenvalue weighted by atomic mass is 32.2. The van der Waals surface area contributed by atoms with E-state index in [2.05, 4.69) is 33.8 Å². The zero-order valence-corrected chi connectivity index (χ0v) is 12.7. The van der Waals surface area contributed by atoms with Crippen molar-refractivity contribution in [1.29, 1.82) is 0 Å². The number of thioether (sulfide) groups is 1. The number of nitrogens with one attached hydrogen (secondary N) is 2. The second-order valence-corrected chi connectivity index (χ2v) is 6.41. The van der Waals surface area contributed by atoms with Gasteiger partial charge in [0.15, 0.2) is 0 Å². The molecule has 1 aromatic heterocycles. The summed E-state index contributed by atoms with van der Waals surface area (Å²) in [6.07, 6.45) is 10.5. The molecule has 19 heavy (non-hydrogen) atoms. The van der Waals surface area contributed by atoms with Crippen LogP contribution in [0.3, 0.4) is 0 Å². The summed E-state index contributed by atoms with van der Waals surface area (Å²) in [6, 6.07) is 1.94. The lowest BCUT2D eigenvalue weighted by Gasteiger charge is -2.27. The van der Waals surface area contributed by atoms with Gasteiger partial charge in [-0.2, -0.15) is 16.7 Å². The first-order chi connectivity index (χ1) is 9.28. The smallest absolute Gasteiger partial charge is 0.224 e. The van der Waals surface area contributed by atoms with Gasteiger partial charge in [0.05, 0.1) is 0 Å². The molecule has 0 aromatic carbocycles. The molecule has 0 radical (unpaired) electrons. The van der Waals surface area contributed by atoms with Gasteiger partial charge in [-0.1, -0.05) is 19.8 Å². The minimum atomic E-state index is 0.405. The second kappa shape index (κ2) is 6.98. The van der Waals surface area contributed by atoms with Crippen LogP contribution in [0.25, 0.3) is 0 Å². The molecule has 0 unspecified atom stereocenters. The van der Waals surface area contributed by atoms with E-state index in [4.69, 9.17) is 0 Å². The van der Waals surface area contributed by atoms with Crippen LogP contribution in [0.4, 0.5) is 11.8 Å². The third kappa shape index (κ3) is 4.00. The van der Waals surface area contributed by atoms with Crippen LogP contribution < -0.4 is 10.6 Å². The quantitative estimate of drug-likeness (QED) is 0.802. The Hall–Kier alpha value is -0.970. The summed E-state index contributed by atoms with van der Waals surface area (Å²) in [5.41, 5.74) is 0. The second-order valence-electron chi connectivity index (χ2n) is 5.14. The minimum Gasteiger partial charge on any atom is -0.369 e. The molecule has 2 rings (SSSR count). The van der Waals surface area contributed by atoms with E-state index in [0.717, 1.165) is 31.3 Å². The van der Waals surface area contributed by atoms with Crippen molar-refractivity contribution in [3.05, 3.63) is 12.3 Å². The van der Waals surface area contributed by atoms with Gasteiger partial charge in [-0.3, -0.25) is 0 Å². The van der Waals surface area contributed by atoms with Crippen LogP contribution in [0.1, 0.15) is 39.0 Å². The number of anilines is 2. The normalized spacial score (nSPS) is 17.4. The highest BCUT2D eigenvalue weighted by molar-refractivity contribution is 8.00. The van der Waals surface area contributed by atoms with Crippen molar-refractivity contribution in [2.45, 2.75) is 43.8 Å². The third-order valence-electron chi connectivity index (χ3n) is 3.73. The van der Waals surface area contributed by atoms with Crippen LogP contribution in [0.5, 0.6) is 0 Å². The topological polar surface area (TPSA) is 49.8 Å². The highest BCUT2D eigenvalue weighted by Crippen LogP contribution is 2.40. The molecule has 0 aliphatic heterocycles. The van der Waals surface area contributed by atoms with E-state index in [1.54, 1.807) is 0 Å². The number of aromatic nitrogens is 2. The zero-order chi connectivity index (χ0) is 13.6. The van der Waals surface area contributed by atoms with E-state index in [0.29, 0.717) is 4.75 Å². The Balaban J connectivity index is 1.91. The predicted molar refractivity (Wildman–Crippen MR) is 84.0 cm³/mol. The maximum atomic E-state index is 4.49. The predicted octanol–water partition coefficient (Wildman–Crippen LogP) is 3.39. The van der Waals surface area contributed by atoms with Crippen LogP contribution in [0, 0.1) is 0 Å². The van der Waals surface area contributed by atoms with Gasteiger partial charge in [0.25, 0.3) is 0 Å². The molecular formula is C14H24N4S. The summed E-state index contributed by atoms with van der Waals surface area (Å²) >= 11 is 2.00. The first kappa shape index (κ1) is 14.4. The molecule has 1 aliphatic rings. The lowest BCUT2D eigenvalue weighted by molar-refractivity contribution is 0.638. The number of hydrogen-bond donors (Lipinski definition) is 2. The maximum absolute atomic E-state index is 4.49. The Morgan fingerprint density at radius 2 is 2.11 bits per heavy atom. The highest BCUT2D eigenvalue weighted by Gasteiger charge is 2.32. The average Bonchev–Trinajstić information content (AvgIpc) is 2.93. The van der Waals surface area contributed by atoms with Crippen molar-refractivity contribution in [3.8, 4) is 0 Å². The fourth-order valence-corrected chi connectivity index (χ4v) is 3.42. The molecule has 4 nitrogen and oxygen atoms in total. The molecule has 2 N–H and O–H groups in total. The number of hydrogen-bond acceptors (Lipinski definition) is 5. The van der Waals surface area contributed by atoms with E-state index in [1.807, 2.05) is 24.0 Å². The summed E-state index contributed by atoms with van der Waals surface area (Å²) in [6.45, 7) is 4.05. The molecule has 106 valence electrons. The van der Waals surface area contributed by atoms with Crippen molar-refractivity contribution < 1.29 is 0 Å². The van der Waals surface area contributed by atoms with Gasteiger partial charge < -0.3 is 10.6 Å². The molecule has 1 fully saturated rings. The van der Waals surface area contributed by atoms with Crippen LogP contribution in [0.2, 0.25) is 0 Å². The summed E-state index contributed by atoms with van der Waals surface area (Å²) in [7, 11) is 0. The Kier molecular flexibility index (Phi) is 5.31. The van der Waals surface area contributed by atoms with Gasteiger partial charge >= 0.3 is 0 Å². The van der Waals surface area contributed by atoms with Crippen LogP contribution >= 0.6 is 11.8 Å². The van der Waals surface area contributed by atoms with Gasteiger partial charge in [0, 0.05) is 24.0 Å². The summed E-state index contributed by atoms with van der Waals surface area (Å²) in [4.78, 5) is 8.72. The molecule has 0 saturated heterocycles. The van der Waals surface area contributed by atoms with E-state index in [-0.39, 0.29) is 0 Å². The van der Waals surface area contributed by atoms with Gasteiger partial charge in [0.1, 0.15) is 5.82 Å². The SMILES string of the molecule is CCCNc1nccc(NCC2(SC)CCCC2)n1. The standard InChI is InChI=1S/C14H24N4S/c1-3-9-15-13-16-10-6-12(18-13)17-11-14(19-2)7-4-5-8-14/h6,10H,3-5,7-9,11H2,1-2H3,(H2,15,16,17,18). The molecule has 0 bridgehead atoms. The Morgan fingerprint density at radius 3 is 2.79 bits per heavy atom. The zero-order valence-electron chi connectivity index (χ0n) is 11.9. The van der Waals surface area contributed by atoms with Crippen molar-refractivity contribution in [1.82, 2.24) is 9.97 Å². The first-order valence-electron chi connectivity index (χ1n) is 7.14. The van der Waals surface area contributed by atoms with Gasteiger partial charge in [-0.15, -0.1) is 0 Å². The minimum absolute atomic E-state index is 0.405. The van der Waals surface area contributed by atoms with Crippen LogP contribution in [-0.2, 0) is 0 Å². The molecule has 1 aromatic rings. The molecule has 0 amide bonds. The van der Waals surface area contributed by atoms with E-state index in [1.165, 1.54) is 25.7 Å². The van der Waals surface area contributed by atoms with Crippen LogP contribution in [-0.4, -0.2) is 34.1 Å². The fraction of sp³-hybridized carbons (Fsp3) is 0.714. The van der Waals surface area contributed by atoms with E-state index < -0.39 is 0 Å². The molecule has 0 spiro atoms. The number of rotatable bonds is 7. The molecule has 0 atom stereocenters. The largest absolute Gasteiger partial charge is 0.369 e. The van der Waals surface area contributed by atoms with E-state index >= 15 is 0 Å². The molecule has 1 heterocycles. The molecule has 1 saturated carbocycles. The summed E-state index contributed by atoms with van der Waals surface area (Å²) < 4.78 is 0.405. The first-order valence-corrected chi connectivity index (χ1v) is 8.36. The average molecular weight is 280 g/mol. The van der Waals surface area contributed by atoms with E-state index in [9.17, 15) is 0 Å². The summed E-state index contributed by atoms with van der Waals surface area (Å²) in [5, 5.41) is 6.70. The fourth-order valence-electron chi connectivity index (χ4n) is 2.50. The molecule has 1 aliphatic carbocycles. The van der Waals surface area contributed by atoms with Gasteiger partial charge in [-0.05, 0) is 31.6 Å². The van der Waals surface area contributed by atoms with Gasteiger partial charge in [0.2, 0.25) is 5.95 Å². The summed E-state index contributed by atoms with van der Waals surface area (Å²) in [5.74, 6) is 1.64. The third-order valence-corrected chi connectivity index (χ3v) is 5.15. The molecular weight excluding hydrogens is 256 g/mol. The Bertz CT molecular complexity index is 391. The lowest BCUT2D eigenvalue weighted by Crippen LogP contribution is -2.30. The van der Waals surface area contributed by atoms with Crippen molar-refractivity contribution in [2.24, 2.45) is 0 Å². The maximum Gasteiger partial charge on any atom is 0.224 e. The lowest BCUT2D eigenvalue weighted by atomic mass is 10.1. The Labute approximate surface area is 120 Å². The van der Waals surface area contributed by atoms with Crippen LogP contribution in [0.15, 0.2) is 12.3 Å².